The molecule has 1 aromatic heterocycles. The van der Waals surface area contributed by atoms with Crippen LogP contribution in [0.3, 0.4) is 0 Å². The number of piperidine rings is 2. The number of nitrogens with zero attached hydrogens (tertiary/aromatic N) is 3. The normalized spacial score (nSPS) is 24.3. The molecule has 3 fully saturated rings. The first-order valence-corrected chi connectivity index (χ1v) is 13.0. The Balaban J connectivity index is 1.56. The fraction of sp³-hybridized carbons (Fsp3) is 0.731. The molecule has 2 atom stereocenters. The van der Waals surface area contributed by atoms with E-state index in [2.05, 4.69) is 10.2 Å². The van der Waals surface area contributed by atoms with Crippen molar-refractivity contribution < 1.29 is 19.8 Å². The van der Waals surface area contributed by atoms with Crippen molar-refractivity contribution in [1.82, 2.24) is 9.88 Å². The number of rotatable bonds is 7. The number of anilines is 2. The number of carboxylic acids is 1. The highest BCUT2D eigenvalue weighted by Gasteiger charge is 2.34. The summed E-state index contributed by atoms with van der Waals surface area (Å²) in [6.07, 6.45) is 8.37. The number of carboxylic acid groups (broad SMARTS) is 1. The van der Waals surface area contributed by atoms with Crippen LogP contribution in [0.1, 0.15) is 82.0 Å². The van der Waals surface area contributed by atoms with Crippen molar-refractivity contribution in [2.45, 2.75) is 83.3 Å². The minimum absolute atomic E-state index is 0.0316. The molecule has 0 bridgehead atoms. The van der Waals surface area contributed by atoms with Crippen molar-refractivity contribution in [3.05, 3.63) is 17.7 Å². The molecule has 0 aromatic carbocycles. The Morgan fingerprint density at radius 2 is 1.79 bits per heavy atom. The highest BCUT2D eigenvalue weighted by Crippen LogP contribution is 2.31. The second kappa shape index (κ2) is 10.5. The van der Waals surface area contributed by atoms with E-state index in [9.17, 15) is 19.8 Å². The second-order valence-corrected chi connectivity index (χ2v) is 11.0. The molecular formula is C26H40N4O4. The number of pyridine rings is 1. The third-order valence-electron chi connectivity index (χ3n) is 7.82. The lowest BCUT2D eigenvalue weighted by Crippen LogP contribution is -2.47. The minimum atomic E-state index is -0.813. The van der Waals surface area contributed by atoms with Crippen LogP contribution in [0.2, 0.25) is 0 Å². The number of amides is 1. The van der Waals surface area contributed by atoms with E-state index in [-0.39, 0.29) is 24.2 Å². The van der Waals surface area contributed by atoms with Gasteiger partial charge >= 0.3 is 5.97 Å². The molecule has 3 heterocycles. The van der Waals surface area contributed by atoms with Crippen molar-refractivity contribution in [1.29, 1.82) is 0 Å². The molecule has 1 saturated carbocycles. The highest BCUT2D eigenvalue weighted by atomic mass is 16.4. The lowest BCUT2D eigenvalue weighted by Gasteiger charge is -2.39. The maximum Gasteiger partial charge on any atom is 0.303 e. The van der Waals surface area contributed by atoms with Crippen LogP contribution in [0.15, 0.2) is 12.1 Å². The molecule has 2 unspecified atom stereocenters. The lowest BCUT2D eigenvalue weighted by molar-refractivity contribution is -0.138. The first-order chi connectivity index (χ1) is 16.2. The summed E-state index contributed by atoms with van der Waals surface area (Å²) in [4.78, 5) is 33.8. The molecular weight excluding hydrogens is 432 g/mol. The van der Waals surface area contributed by atoms with Gasteiger partial charge in [-0.3, -0.25) is 9.59 Å². The highest BCUT2D eigenvalue weighted by molar-refractivity contribution is 5.99. The molecule has 3 N–H and O–H groups in total. The second-order valence-electron chi connectivity index (χ2n) is 11.0. The first kappa shape index (κ1) is 24.8. The Morgan fingerprint density at radius 1 is 1.06 bits per heavy atom. The number of hydrogen-bond donors (Lipinski definition) is 3. The Labute approximate surface area is 202 Å². The predicted molar refractivity (Wildman–Crippen MR) is 132 cm³/mol. The lowest BCUT2D eigenvalue weighted by atomic mass is 9.84. The van der Waals surface area contributed by atoms with Gasteiger partial charge in [-0.15, -0.1) is 0 Å². The molecule has 188 valence electrons. The van der Waals surface area contributed by atoms with Crippen molar-refractivity contribution in [3.63, 3.8) is 0 Å². The molecule has 1 amide bonds. The van der Waals surface area contributed by atoms with Gasteiger partial charge in [0.2, 0.25) is 0 Å². The summed E-state index contributed by atoms with van der Waals surface area (Å²) in [5, 5.41) is 23.3. The average Bonchev–Trinajstić information content (AvgIpc) is 3.31. The molecule has 0 spiro atoms. The van der Waals surface area contributed by atoms with Crippen LogP contribution in [0.25, 0.3) is 0 Å². The van der Waals surface area contributed by atoms with Gasteiger partial charge in [-0.2, -0.15) is 0 Å². The Hall–Kier alpha value is -2.35. The van der Waals surface area contributed by atoms with Crippen molar-refractivity contribution in [2.75, 3.05) is 36.4 Å². The van der Waals surface area contributed by atoms with Crippen molar-refractivity contribution in [2.24, 2.45) is 11.8 Å². The maximum atomic E-state index is 13.6. The van der Waals surface area contributed by atoms with E-state index in [1.165, 1.54) is 12.8 Å². The van der Waals surface area contributed by atoms with Crippen LogP contribution >= 0.6 is 0 Å². The molecule has 34 heavy (non-hydrogen) atoms. The predicted octanol–water partition coefficient (Wildman–Crippen LogP) is 3.75. The van der Waals surface area contributed by atoms with E-state index in [0.29, 0.717) is 37.1 Å². The molecule has 8 nitrogen and oxygen atoms in total. The summed E-state index contributed by atoms with van der Waals surface area (Å²) in [7, 11) is 0. The minimum Gasteiger partial charge on any atom is -0.481 e. The molecule has 1 aliphatic carbocycles. The van der Waals surface area contributed by atoms with Gasteiger partial charge in [-0.25, -0.2) is 4.98 Å². The number of likely N-dealkylation sites (tertiary alicyclic amines) is 1. The van der Waals surface area contributed by atoms with Gasteiger partial charge in [0, 0.05) is 44.6 Å². The third kappa shape index (κ3) is 6.01. The number of aliphatic hydroxyl groups is 1. The van der Waals surface area contributed by atoms with Crippen LogP contribution < -0.4 is 10.2 Å². The fourth-order valence-corrected chi connectivity index (χ4v) is 5.77. The summed E-state index contributed by atoms with van der Waals surface area (Å²) in [5.74, 6) is 0.835. The summed E-state index contributed by atoms with van der Waals surface area (Å²) in [6, 6.07) is 4.12. The maximum absolute atomic E-state index is 13.6. The molecule has 2 aliphatic heterocycles. The number of aliphatic carboxylic acids is 1. The number of carbonyl (C=O) groups excluding carboxylic acids is 1. The van der Waals surface area contributed by atoms with Crippen LogP contribution in [0, 0.1) is 11.8 Å². The zero-order valence-corrected chi connectivity index (χ0v) is 20.6. The summed E-state index contributed by atoms with van der Waals surface area (Å²) in [5.41, 5.74) is -0.224. The smallest absolute Gasteiger partial charge is 0.303 e. The van der Waals surface area contributed by atoms with Gasteiger partial charge in [0.1, 0.15) is 11.6 Å². The van der Waals surface area contributed by atoms with Gasteiger partial charge in [-0.1, -0.05) is 12.8 Å². The molecule has 2 saturated heterocycles. The van der Waals surface area contributed by atoms with E-state index in [1.807, 2.05) is 30.9 Å². The first-order valence-electron chi connectivity index (χ1n) is 13.0. The quantitative estimate of drug-likeness (QED) is 0.555. The van der Waals surface area contributed by atoms with Crippen LogP contribution in [0.5, 0.6) is 0 Å². The van der Waals surface area contributed by atoms with E-state index in [0.717, 1.165) is 50.9 Å². The average molecular weight is 473 g/mol. The Bertz CT molecular complexity index is 878. The van der Waals surface area contributed by atoms with E-state index < -0.39 is 11.6 Å². The van der Waals surface area contributed by atoms with Crippen molar-refractivity contribution in [3.8, 4) is 0 Å². The van der Waals surface area contributed by atoms with Gasteiger partial charge in [0.25, 0.3) is 5.91 Å². The molecule has 0 radical (unpaired) electrons. The number of nitrogens with one attached hydrogen (secondary N) is 1. The zero-order chi connectivity index (χ0) is 24.3. The number of aromatic nitrogens is 1. The third-order valence-corrected chi connectivity index (χ3v) is 7.82. The van der Waals surface area contributed by atoms with Gasteiger partial charge in [-0.05, 0) is 70.4 Å². The van der Waals surface area contributed by atoms with E-state index in [1.54, 1.807) is 0 Å². The topological polar surface area (TPSA) is 106 Å². The Morgan fingerprint density at radius 3 is 2.50 bits per heavy atom. The molecule has 1 aromatic rings. The fourth-order valence-electron chi connectivity index (χ4n) is 5.77. The van der Waals surface area contributed by atoms with Gasteiger partial charge in [0.15, 0.2) is 0 Å². The molecule has 4 rings (SSSR count). The number of carbonyl (C=O) groups is 2. The monoisotopic (exact) mass is 472 g/mol. The standard InChI is InChI=1S/C26H40N4O4/c1-26(2,34)19-8-6-14-30(17-19)25(33)21-11-12-22(28-24(21)27-20-9-3-4-10-20)29-13-5-7-18(16-29)15-23(31)32/h11-12,18-20,34H,3-10,13-17H2,1-2H3,(H,27,28)(H,31,32). The SMILES string of the molecule is CC(C)(O)C1CCCN(C(=O)c2ccc(N3CCCC(CC(=O)O)C3)nc2NC2CCCC2)C1. The zero-order valence-electron chi connectivity index (χ0n) is 20.6. The Kier molecular flexibility index (Phi) is 7.65. The van der Waals surface area contributed by atoms with Crippen LogP contribution in [-0.2, 0) is 4.79 Å². The molecule has 8 heteroatoms. The largest absolute Gasteiger partial charge is 0.481 e. The summed E-state index contributed by atoms with van der Waals surface area (Å²) >= 11 is 0. The summed E-state index contributed by atoms with van der Waals surface area (Å²) < 4.78 is 0. The van der Waals surface area contributed by atoms with Crippen LogP contribution in [-0.4, -0.2) is 69.8 Å². The van der Waals surface area contributed by atoms with E-state index >= 15 is 0 Å². The van der Waals surface area contributed by atoms with Crippen molar-refractivity contribution >= 4 is 23.5 Å². The number of hydrogen-bond acceptors (Lipinski definition) is 6. The molecule has 3 aliphatic rings. The van der Waals surface area contributed by atoms with Crippen LogP contribution in [0.4, 0.5) is 11.6 Å². The van der Waals surface area contributed by atoms with E-state index in [4.69, 9.17) is 4.98 Å². The van der Waals surface area contributed by atoms with Gasteiger partial charge in [0.05, 0.1) is 11.2 Å². The summed E-state index contributed by atoms with van der Waals surface area (Å²) in [6.45, 7) is 6.42. The van der Waals surface area contributed by atoms with Gasteiger partial charge < -0.3 is 25.3 Å².